The highest BCUT2D eigenvalue weighted by molar-refractivity contribution is 6.30. The SMILES string of the molecule is O=C1NC(=O)C2(CCCN2c2ccc(Oc3ccc(-c4nnc(-c5ccc(Cl)cc5)o4)cc3)nc2)C(=O)N1. The van der Waals surface area contributed by atoms with Gasteiger partial charge in [-0.15, -0.1) is 10.2 Å². The normalized spacial score (nSPS) is 16.4. The summed E-state index contributed by atoms with van der Waals surface area (Å²) in [5, 5.41) is 13.2. The van der Waals surface area contributed by atoms with Crippen molar-refractivity contribution < 1.29 is 23.5 Å². The number of amides is 4. The van der Waals surface area contributed by atoms with E-state index in [1.165, 1.54) is 6.20 Å². The van der Waals surface area contributed by atoms with Crippen LogP contribution in [0.3, 0.4) is 0 Å². The van der Waals surface area contributed by atoms with Gasteiger partial charge in [-0.3, -0.25) is 20.2 Å². The Kier molecular flexibility index (Phi) is 5.76. The number of hydrogen-bond acceptors (Lipinski definition) is 9. The molecule has 2 aromatic heterocycles. The van der Waals surface area contributed by atoms with Gasteiger partial charge in [-0.1, -0.05) is 11.6 Å². The van der Waals surface area contributed by atoms with Crippen molar-refractivity contribution in [3.05, 3.63) is 71.9 Å². The van der Waals surface area contributed by atoms with Crippen LogP contribution in [0.15, 0.2) is 71.3 Å². The maximum Gasteiger partial charge on any atom is 0.328 e. The maximum atomic E-state index is 12.6. The van der Waals surface area contributed by atoms with E-state index in [2.05, 4.69) is 25.8 Å². The Balaban J connectivity index is 1.15. The number of nitrogens with one attached hydrogen (secondary N) is 2. The van der Waals surface area contributed by atoms with Crippen LogP contribution < -0.4 is 20.3 Å². The molecular formula is C26H19ClN6O5. The van der Waals surface area contributed by atoms with E-state index in [9.17, 15) is 14.4 Å². The molecule has 0 radical (unpaired) electrons. The number of imide groups is 2. The Morgan fingerprint density at radius 1 is 0.868 bits per heavy atom. The summed E-state index contributed by atoms with van der Waals surface area (Å²) in [6.45, 7) is 0.466. The molecule has 190 valence electrons. The van der Waals surface area contributed by atoms with Crippen molar-refractivity contribution in [2.24, 2.45) is 0 Å². The van der Waals surface area contributed by atoms with Gasteiger partial charge < -0.3 is 14.1 Å². The number of carbonyl (C=O) groups excluding carboxylic acids is 3. The number of aromatic nitrogens is 3. The van der Waals surface area contributed by atoms with Crippen molar-refractivity contribution in [2.45, 2.75) is 18.4 Å². The molecule has 2 N–H and O–H groups in total. The van der Waals surface area contributed by atoms with Crippen molar-refractivity contribution in [2.75, 3.05) is 11.4 Å². The fourth-order valence-electron chi connectivity index (χ4n) is 4.62. The van der Waals surface area contributed by atoms with Gasteiger partial charge in [-0.2, -0.15) is 0 Å². The molecule has 12 heteroatoms. The van der Waals surface area contributed by atoms with E-state index in [-0.39, 0.29) is 0 Å². The van der Waals surface area contributed by atoms with E-state index in [0.717, 1.165) is 11.1 Å². The first-order chi connectivity index (χ1) is 18.4. The van der Waals surface area contributed by atoms with Gasteiger partial charge >= 0.3 is 6.03 Å². The third kappa shape index (κ3) is 4.12. The number of ether oxygens (including phenoxy) is 1. The lowest BCUT2D eigenvalue weighted by Crippen LogP contribution is -2.71. The number of carbonyl (C=O) groups is 3. The second-order valence-electron chi connectivity index (χ2n) is 8.75. The second-order valence-corrected chi connectivity index (χ2v) is 9.19. The maximum absolute atomic E-state index is 12.6. The highest BCUT2D eigenvalue weighted by Gasteiger charge is 2.57. The summed E-state index contributed by atoms with van der Waals surface area (Å²) < 4.78 is 11.6. The van der Waals surface area contributed by atoms with E-state index in [4.69, 9.17) is 20.8 Å². The minimum atomic E-state index is -1.48. The average molecular weight is 531 g/mol. The Morgan fingerprint density at radius 3 is 2.11 bits per heavy atom. The molecule has 0 unspecified atom stereocenters. The summed E-state index contributed by atoms with van der Waals surface area (Å²) in [5.74, 6) is 0.340. The van der Waals surface area contributed by atoms with E-state index in [1.54, 1.807) is 65.6 Å². The zero-order chi connectivity index (χ0) is 26.3. The number of anilines is 1. The van der Waals surface area contributed by atoms with Crippen molar-refractivity contribution in [3.8, 4) is 34.5 Å². The number of hydrogen-bond donors (Lipinski definition) is 2. The van der Waals surface area contributed by atoms with Crippen LogP contribution >= 0.6 is 11.6 Å². The van der Waals surface area contributed by atoms with Gasteiger partial charge in [-0.25, -0.2) is 9.78 Å². The molecule has 2 fully saturated rings. The molecule has 0 aliphatic carbocycles. The molecule has 1 spiro atoms. The molecule has 38 heavy (non-hydrogen) atoms. The minimum absolute atomic E-state index is 0.295. The molecule has 0 atom stereocenters. The van der Waals surface area contributed by atoms with Gasteiger partial charge in [0.2, 0.25) is 17.7 Å². The van der Waals surface area contributed by atoms with Crippen LogP contribution in [0.4, 0.5) is 10.5 Å². The minimum Gasteiger partial charge on any atom is -0.439 e. The fourth-order valence-corrected chi connectivity index (χ4v) is 4.74. The van der Waals surface area contributed by atoms with Crippen LogP contribution in [0.5, 0.6) is 11.6 Å². The predicted octanol–water partition coefficient (Wildman–Crippen LogP) is 3.95. The van der Waals surface area contributed by atoms with Crippen LogP contribution in [0.25, 0.3) is 22.9 Å². The largest absolute Gasteiger partial charge is 0.439 e. The van der Waals surface area contributed by atoms with Crippen LogP contribution in [0, 0.1) is 0 Å². The number of rotatable bonds is 5. The summed E-state index contributed by atoms with van der Waals surface area (Å²) in [5.41, 5.74) is 0.573. The highest BCUT2D eigenvalue weighted by Crippen LogP contribution is 2.36. The van der Waals surface area contributed by atoms with E-state index in [0.29, 0.717) is 53.5 Å². The first-order valence-electron chi connectivity index (χ1n) is 11.7. The number of pyridine rings is 1. The second kappa shape index (κ2) is 9.27. The van der Waals surface area contributed by atoms with Gasteiger partial charge in [0.05, 0.1) is 11.9 Å². The van der Waals surface area contributed by atoms with Crippen molar-refractivity contribution in [3.63, 3.8) is 0 Å². The van der Waals surface area contributed by atoms with Gasteiger partial charge in [0.15, 0.2) is 5.54 Å². The number of nitrogens with zero attached hydrogens (tertiary/aromatic N) is 4. The first kappa shape index (κ1) is 23.6. The van der Waals surface area contributed by atoms with E-state index >= 15 is 0 Å². The Hall–Kier alpha value is -4.77. The molecule has 4 aromatic rings. The van der Waals surface area contributed by atoms with Gasteiger partial charge in [0.25, 0.3) is 11.8 Å². The average Bonchev–Trinajstić information content (AvgIpc) is 3.58. The summed E-state index contributed by atoms with van der Waals surface area (Å²) in [6, 6.07) is 16.7. The highest BCUT2D eigenvalue weighted by atomic mass is 35.5. The summed E-state index contributed by atoms with van der Waals surface area (Å²) >= 11 is 5.93. The van der Waals surface area contributed by atoms with Gasteiger partial charge in [-0.05, 0) is 67.4 Å². The zero-order valence-electron chi connectivity index (χ0n) is 19.7. The molecule has 0 saturated carbocycles. The van der Waals surface area contributed by atoms with Crippen LogP contribution in [-0.2, 0) is 9.59 Å². The lowest BCUT2D eigenvalue weighted by Gasteiger charge is -2.38. The molecular weight excluding hydrogens is 512 g/mol. The lowest BCUT2D eigenvalue weighted by atomic mass is 9.92. The van der Waals surface area contributed by atoms with Gasteiger partial charge in [0, 0.05) is 28.8 Å². The Bertz CT molecular complexity index is 1520. The quantitative estimate of drug-likeness (QED) is 0.367. The molecule has 6 rings (SSSR count). The number of benzene rings is 2. The van der Waals surface area contributed by atoms with Crippen molar-refractivity contribution in [1.82, 2.24) is 25.8 Å². The molecule has 2 aliphatic rings. The predicted molar refractivity (Wildman–Crippen MR) is 135 cm³/mol. The van der Waals surface area contributed by atoms with Crippen molar-refractivity contribution >= 4 is 35.1 Å². The molecule has 2 aliphatic heterocycles. The van der Waals surface area contributed by atoms with Crippen LogP contribution in [0.1, 0.15) is 12.8 Å². The molecule has 2 saturated heterocycles. The smallest absolute Gasteiger partial charge is 0.328 e. The molecule has 0 bridgehead atoms. The van der Waals surface area contributed by atoms with Crippen molar-refractivity contribution in [1.29, 1.82) is 0 Å². The Labute approximate surface area is 220 Å². The third-order valence-electron chi connectivity index (χ3n) is 6.46. The number of halogens is 1. The molecule has 11 nitrogen and oxygen atoms in total. The Morgan fingerprint density at radius 2 is 1.50 bits per heavy atom. The van der Waals surface area contributed by atoms with Gasteiger partial charge in [0.1, 0.15) is 5.75 Å². The van der Waals surface area contributed by atoms with E-state index < -0.39 is 23.4 Å². The first-order valence-corrected chi connectivity index (χ1v) is 12.1. The zero-order valence-corrected chi connectivity index (χ0v) is 20.4. The topological polar surface area (TPSA) is 140 Å². The fraction of sp³-hybridized carbons (Fsp3) is 0.154. The number of barbiturate groups is 1. The summed E-state index contributed by atoms with van der Waals surface area (Å²) in [6.07, 6.45) is 2.44. The van der Waals surface area contributed by atoms with Crippen LogP contribution in [0.2, 0.25) is 5.02 Å². The summed E-state index contributed by atoms with van der Waals surface area (Å²) in [7, 11) is 0. The standard InChI is InChI=1S/C26H19ClN6O5/c27-17-6-2-15(3-7-17)21-31-32-22(38-21)16-4-9-19(10-5-16)37-20-11-8-18(14-28-20)33-13-1-12-26(33)23(34)29-25(36)30-24(26)35/h2-11,14H,1,12-13H2,(H2,29,30,34,35,36). The molecule has 4 amide bonds. The summed E-state index contributed by atoms with van der Waals surface area (Å²) in [4.78, 5) is 42.8. The monoisotopic (exact) mass is 530 g/mol. The molecule has 4 heterocycles. The van der Waals surface area contributed by atoms with Crippen LogP contribution in [-0.4, -0.2) is 45.1 Å². The van der Waals surface area contributed by atoms with E-state index in [1.807, 2.05) is 0 Å². The third-order valence-corrected chi connectivity index (χ3v) is 6.71. The molecule has 2 aromatic carbocycles. The number of urea groups is 1. The lowest BCUT2D eigenvalue weighted by molar-refractivity contribution is -0.137.